The number of aryl methyl sites for hydroxylation is 1. The number of rotatable bonds is 12. The Morgan fingerprint density at radius 2 is 1.26 bits per heavy atom. The van der Waals surface area contributed by atoms with Crippen molar-refractivity contribution in [2.45, 2.75) is 19.1 Å². The van der Waals surface area contributed by atoms with Gasteiger partial charge in [0.15, 0.2) is 12.2 Å². The molecule has 4 aromatic carbocycles. The largest absolute Gasteiger partial charge is 0.489 e. The van der Waals surface area contributed by atoms with Crippen molar-refractivity contribution in [2.24, 2.45) is 0 Å². The summed E-state index contributed by atoms with van der Waals surface area (Å²) in [6.45, 7) is 9.25. The van der Waals surface area contributed by atoms with Crippen LogP contribution in [0.15, 0.2) is 116 Å². The first-order valence-electron chi connectivity index (χ1n) is 12.5. The van der Waals surface area contributed by atoms with E-state index in [0.717, 1.165) is 39.6 Å². The molecular weight excluding hydrogens is 492 g/mol. The molecule has 0 saturated heterocycles. The van der Waals surface area contributed by atoms with Crippen LogP contribution in [-0.2, 0) is 19.1 Å². The van der Waals surface area contributed by atoms with Gasteiger partial charge in [-0.3, -0.25) is 0 Å². The molecule has 0 saturated carbocycles. The number of fused-ring (bicyclic) bond motifs is 1. The molecule has 4 rings (SSSR count). The van der Waals surface area contributed by atoms with Crippen LogP contribution in [0.1, 0.15) is 28.9 Å². The zero-order chi connectivity index (χ0) is 27.6. The van der Waals surface area contributed by atoms with Gasteiger partial charge in [0.25, 0.3) is 0 Å². The first-order chi connectivity index (χ1) is 19.0. The highest BCUT2D eigenvalue weighted by molar-refractivity contribution is 5.88. The molecule has 6 nitrogen and oxygen atoms in total. The Morgan fingerprint density at radius 3 is 1.79 bits per heavy atom. The number of esters is 2. The normalized spacial score (nSPS) is 12.1. The minimum atomic E-state index is -0.574. The van der Waals surface area contributed by atoms with Crippen LogP contribution in [0, 0.1) is 6.92 Å². The molecule has 0 heterocycles. The lowest BCUT2D eigenvalue weighted by Gasteiger charge is -2.20. The lowest BCUT2D eigenvalue weighted by atomic mass is 10.0. The van der Waals surface area contributed by atoms with Crippen molar-refractivity contribution < 1.29 is 28.5 Å². The van der Waals surface area contributed by atoms with Gasteiger partial charge >= 0.3 is 11.9 Å². The molecule has 0 N–H and O–H groups in total. The van der Waals surface area contributed by atoms with Crippen molar-refractivity contribution in [2.75, 3.05) is 13.2 Å². The summed E-state index contributed by atoms with van der Waals surface area (Å²) < 4.78 is 23.2. The second kappa shape index (κ2) is 13.1. The van der Waals surface area contributed by atoms with Crippen LogP contribution < -0.4 is 9.47 Å². The van der Waals surface area contributed by atoms with Gasteiger partial charge in [-0.1, -0.05) is 86.0 Å². The maximum absolute atomic E-state index is 11.9. The fourth-order valence-corrected chi connectivity index (χ4v) is 4.14. The summed E-state index contributed by atoms with van der Waals surface area (Å²) in [7, 11) is 0. The molecule has 2 unspecified atom stereocenters. The van der Waals surface area contributed by atoms with E-state index in [1.807, 2.05) is 97.9 Å². The summed E-state index contributed by atoms with van der Waals surface area (Å²) in [6, 6.07) is 28.5. The Balaban J connectivity index is 1.48. The zero-order valence-corrected chi connectivity index (χ0v) is 21.7. The Hall–Kier alpha value is -4.84. The molecule has 0 aliphatic carbocycles. The maximum Gasteiger partial charge on any atom is 0.330 e. The van der Waals surface area contributed by atoms with Gasteiger partial charge in [-0.05, 0) is 52.6 Å². The number of hydrogen-bond donors (Lipinski definition) is 0. The van der Waals surface area contributed by atoms with Gasteiger partial charge in [0.2, 0.25) is 0 Å². The fourth-order valence-electron chi connectivity index (χ4n) is 4.14. The number of ether oxygens (including phenoxy) is 4. The SMILES string of the molecule is C=CC(=O)OC(COc1ccc2c(C)c(OCC(OC(=O)C=C)c3ccccc3)ccc2c1)c1ccccc1. The molecule has 0 aromatic heterocycles. The quantitative estimate of drug-likeness (QED) is 0.150. The van der Waals surface area contributed by atoms with Crippen LogP contribution in [0.25, 0.3) is 10.8 Å². The van der Waals surface area contributed by atoms with E-state index in [-0.39, 0.29) is 13.2 Å². The van der Waals surface area contributed by atoms with E-state index in [2.05, 4.69) is 13.2 Å². The number of carbonyl (C=O) groups is 2. The van der Waals surface area contributed by atoms with E-state index in [4.69, 9.17) is 18.9 Å². The van der Waals surface area contributed by atoms with Crippen LogP contribution in [0.5, 0.6) is 11.5 Å². The third-order valence-corrected chi connectivity index (χ3v) is 6.20. The van der Waals surface area contributed by atoms with Crippen LogP contribution in [0.3, 0.4) is 0 Å². The van der Waals surface area contributed by atoms with Crippen LogP contribution >= 0.6 is 0 Å². The highest BCUT2D eigenvalue weighted by Crippen LogP contribution is 2.31. The van der Waals surface area contributed by atoms with Crippen molar-refractivity contribution in [1.82, 2.24) is 0 Å². The summed E-state index contributed by atoms with van der Waals surface area (Å²) in [5.41, 5.74) is 2.61. The van der Waals surface area contributed by atoms with E-state index in [0.29, 0.717) is 11.5 Å². The molecule has 0 aliphatic heterocycles. The Kier molecular flexibility index (Phi) is 9.14. The van der Waals surface area contributed by atoms with E-state index in [1.165, 1.54) is 0 Å². The minimum Gasteiger partial charge on any atom is -0.489 e. The Bertz CT molecular complexity index is 1450. The van der Waals surface area contributed by atoms with E-state index < -0.39 is 24.1 Å². The maximum atomic E-state index is 11.9. The van der Waals surface area contributed by atoms with Crippen LogP contribution in [0.2, 0.25) is 0 Å². The molecule has 6 heteroatoms. The van der Waals surface area contributed by atoms with Crippen molar-refractivity contribution in [3.05, 3.63) is 133 Å². The molecule has 0 radical (unpaired) electrons. The Morgan fingerprint density at radius 1 is 0.718 bits per heavy atom. The third-order valence-electron chi connectivity index (χ3n) is 6.20. The molecule has 39 heavy (non-hydrogen) atoms. The van der Waals surface area contributed by atoms with E-state index >= 15 is 0 Å². The summed E-state index contributed by atoms with van der Waals surface area (Å²) in [6.07, 6.45) is 1.13. The summed E-state index contributed by atoms with van der Waals surface area (Å²) >= 11 is 0. The van der Waals surface area contributed by atoms with E-state index in [1.54, 1.807) is 0 Å². The van der Waals surface area contributed by atoms with Crippen molar-refractivity contribution >= 4 is 22.7 Å². The average Bonchev–Trinajstić information content (AvgIpc) is 2.98. The predicted octanol–water partition coefficient (Wildman–Crippen LogP) is 6.85. The zero-order valence-electron chi connectivity index (χ0n) is 21.7. The monoisotopic (exact) mass is 522 g/mol. The predicted molar refractivity (Wildman–Crippen MR) is 151 cm³/mol. The fraction of sp³-hybridized carbons (Fsp3) is 0.152. The van der Waals surface area contributed by atoms with Crippen molar-refractivity contribution in [1.29, 1.82) is 0 Å². The first-order valence-corrected chi connectivity index (χ1v) is 12.5. The summed E-state index contributed by atoms with van der Waals surface area (Å²) in [4.78, 5) is 23.7. The first kappa shape index (κ1) is 27.2. The highest BCUT2D eigenvalue weighted by Gasteiger charge is 2.18. The van der Waals surface area contributed by atoms with E-state index in [9.17, 15) is 9.59 Å². The van der Waals surface area contributed by atoms with Crippen molar-refractivity contribution in [3.8, 4) is 11.5 Å². The summed E-state index contributed by atoms with van der Waals surface area (Å²) in [5, 5.41) is 1.96. The van der Waals surface area contributed by atoms with Gasteiger partial charge in [-0.25, -0.2) is 9.59 Å². The Labute approximate surface area is 228 Å². The minimum absolute atomic E-state index is 0.152. The lowest BCUT2D eigenvalue weighted by Crippen LogP contribution is -2.17. The molecule has 0 amide bonds. The van der Waals surface area contributed by atoms with Gasteiger partial charge in [-0.15, -0.1) is 0 Å². The van der Waals surface area contributed by atoms with Crippen molar-refractivity contribution in [3.63, 3.8) is 0 Å². The summed E-state index contributed by atoms with van der Waals surface area (Å²) in [5.74, 6) is 0.311. The number of carbonyl (C=O) groups excluding carboxylic acids is 2. The molecule has 0 fully saturated rings. The molecule has 0 spiro atoms. The highest BCUT2D eigenvalue weighted by atomic mass is 16.6. The van der Waals surface area contributed by atoms with Gasteiger partial charge in [0.1, 0.15) is 24.7 Å². The van der Waals surface area contributed by atoms with Crippen LogP contribution in [-0.4, -0.2) is 25.2 Å². The smallest absolute Gasteiger partial charge is 0.330 e. The topological polar surface area (TPSA) is 71.1 Å². The standard InChI is InChI=1S/C33H30O6/c1-4-32(34)38-30(24-12-8-6-9-13-24)21-36-27-17-18-28-23(3)29(19-16-26(28)20-27)37-22-31(39-33(35)5-2)25-14-10-7-11-15-25/h4-20,30-31H,1-2,21-22H2,3H3. The molecule has 2 atom stereocenters. The van der Waals surface area contributed by atoms with Gasteiger partial charge < -0.3 is 18.9 Å². The second-order valence-electron chi connectivity index (χ2n) is 8.77. The molecule has 0 bridgehead atoms. The average molecular weight is 523 g/mol. The number of hydrogen-bond acceptors (Lipinski definition) is 6. The molecule has 198 valence electrons. The number of benzene rings is 4. The van der Waals surface area contributed by atoms with Gasteiger partial charge in [-0.2, -0.15) is 0 Å². The van der Waals surface area contributed by atoms with Crippen LogP contribution in [0.4, 0.5) is 0 Å². The lowest BCUT2D eigenvalue weighted by molar-refractivity contribution is -0.145. The third kappa shape index (κ3) is 7.14. The molecule has 0 aliphatic rings. The van der Waals surface area contributed by atoms with Gasteiger partial charge in [0, 0.05) is 12.2 Å². The molecule has 4 aromatic rings. The molecular formula is C33H30O6. The van der Waals surface area contributed by atoms with Gasteiger partial charge in [0.05, 0.1) is 0 Å². The second-order valence-corrected chi connectivity index (χ2v) is 8.77.